The van der Waals surface area contributed by atoms with Crippen LogP contribution >= 0.6 is 11.3 Å². The van der Waals surface area contributed by atoms with E-state index in [4.69, 9.17) is 4.74 Å². The Balaban J connectivity index is 1.61. The van der Waals surface area contributed by atoms with Crippen LogP contribution in [-0.4, -0.2) is 36.4 Å². The van der Waals surface area contributed by atoms with Gasteiger partial charge in [-0.05, 0) is 49.8 Å². The van der Waals surface area contributed by atoms with Crippen molar-refractivity contribution in [3.05, 3.63) is 81.8 Å². The molecule has 6 heteroatoms. The summed E-state index contributed by atoms with van der Waals surface area (Å²) in [4.78, 5) is 19.0. The number of aryl methyl sites for hydroxylation is 1. The molecule has 0 radical (unpaired) electrons. The molecule has 0 fully saturated rings. The molecule has 2 aromatic carbocycles. The first-order valence-corrected chi connectivity index (χ1v) is 10.6. The number of thiazole rings is 1. The summed E-state index contributed by atoms with van der Waals surface area (Å²) in [7, 11) is 4.05. The second-order valence-electron chi connectivity index (χ2n) is 7.08. The Hall–Kier alpha value is -2.70. The Morgan fingerprint density at radius 1 is 1.21 bits per heavy atom. The van der Waals surface area contributed by atoms with Crippen molar-refractivity contribution in [2.45, 2.75) is 26.0 Å². The van der Waals surface area contributed by atoms with Crippen LogP contribution < -0.4 is 10.1 Å². The molecular formula is C23H27N3O2S. The van der Waals surface area contributed by atoms with E-state index in [1.54, 1.807) is 17.6 Å². The SMILES string of the molecule is CCc1ccc(C(CNC(=O)c2cccc(OCc3cscn3)c2)N(C)C)cc1. The van der Waals surface area contributed by atoms with E-state index in [1.165, 1.54) is 22.5 Å². The van der Waals surface area contributed by atoms with Gasteiger partial charge < -0.3 is 15.0 Å². The van der Waals surface area contributed by atoms with Crippen LogP contribution in [0.5, 0.6) is 5.75 Å². The topological polar surface area (TPSA) is 54.5 Å². The average Bonchev–Trinajstić information content (AvgIpc) is 3.26. The first-order valence-electron chi connectivity index (χ1n) is 9.70. The predicted molar refractivity (Wildman–Crippen MR) is 117 cm³/mol. The van der Waals surface area contributed by atoms with Crippen molar-refractivity contribution in [2.24, 2.45) is 0 Å². The third-order valence-corrected chi connectivity index (χ3v) is 5.45. The number of nitrogens with one attached hydrogen (secondary N) is 1. The molecule has 3 rings (SSSR count). The Morgan fingerprint density at radius 2 is 2.00 bits per heavy atom. The van der Waals surface area contributed by atoms with Crippen LogP contribution in [0.25, 0.3) is 0 Å². The first-order chi connectivity index (χ1) is 14.1. The van der Waals surface area contributed by atoms with Crippen molar-refractivity contribution in [1.29, 1.82) is 0 Å². The minimum atomic E-state index is -0.110. The quantitative estimate of drug-likeness (QED) is 0.572. The van der Waals surface area contributed by atoms with Crippen LogP contribution in [0, 0.1) is 0 Å². The van der Waals surface area contributed by atoms with Crippen molar-refractivity contribution >= 4 is 17.2 Å². The Labute approximate surface area is 176 Å². The summed E-state index contributed by atoms with van der Waals surface area (Å²) in [5, 5.41) is 5.01. The smallest absolute Gasteiger partial charge is 0.251 e. The van der Waals surface area contributed by atoms with Crippen LogP contribution in [0.1, 0.15) is 40.1 Å². The zero-order chi connectivity index (χ0) is 20.6. The fourth-order valence-electron chi connectivity index (χ4n) is 3.06. The molecule has 152 valence electrons. The van der Waals surface area contributed by atoms with Gasteiger partial charge in [-0.2, -0.15) is 0 Å². The van der Waals surface area contributed by atoms with Gasteiger partial charge in [0, 0.05) is 17.5 Å². The number of carbonyl (C=O) groups excluding carboxylic acids is 1. The molecule has 0 bridgehead atoms. The van der Waals surface area contributed by atoms with E-state index < -0.39 is 0 Å². The summed E-state index contributed by atoms with van der Waals surface area (Å²) in [6.45, 7) is 3.07. The van der Waals surface area contributed by atoms with Gasteiger partial charge in [-0.25, -0.2) is 4.98 Å². The molecular weight excluding hydrogens is 382 g/mol. The van der Waals surface area contributed by atoms with Gasteiger partial charge in [0.25, 0.3) is 5.91 Å². The summed E-state index contributed by atoms with van der Waals surface area (Å²) in [6, 6.07) is 15.9. The standard InChI is InChI=1S/C23H27N3O2S/c1-4-17-8-10-18(11-9-17)22(26(2)3)13-24-23(27)19-6-5-7-21(12-19)28-14-20-15-29-16-25-20/h5-12,15-16,22H,4,13-14H2,1-3H3,(H,24,27). The van der Waals surface area contributed by atoms with E-state index >= 15 is 0 Å². The van der Waals surface area contributed by atoms with Gasteiger partial charge in [-0.1, -0.05) is 37.3 Å². The highest BCUT2D eigenvalue weighted by Gasteiger charge is 2.16. The zero-order valence-corrected chi connectivity index (χ0v) is 17.9. The molecule has 29 heavy (non-hydrogen) atoms. The molecule has 1 unspecified atom stereocenters. The van der Waals surface area contributed by atoms with E-state index in [0.717, 1.165) is 12.1 Å². The fraction of sp³-hybridized carbons (Fsp3) is 0.304. The number of likely N-dealkylation sites (N-methyl/N-ethyl adjacent to an activating group) is 1. The average molecular weight is 410 g/mol. The molecule has 5 nitrogen and oxygen atoms in total. The van der Waals surface area contributed by atoms with Crippen molar-refractivity contribution in [3.8, 4) is 5.75 Å². The first kappa shape index (κ1) is 21.0. The third kappa shape index (κ3) is 5.89. The van der Waals surface area contributed by atoms with Crippen LogP contribution in [0.4, 0.5) is 0 Å². The largest absolute Gasteiger partial charge is 0.487 e. The molecule has 0 aliphatic carbocycles. The van der Waals surface area contributed by atoms with Crippen molar-refractivity contribution in [3.63, 3.8) is 0 Å². The van der Waals surface area contributed by atoms with E-state index in [2.05, 4.69) is 46.4 Å². The predicted octanol–water partition coefficient (Wildman–Crippen LogP) is 4.32. The number of hydrogen-bond acceptors (Lipinski definition) is 5. The Morgan fingerprint density at radius 3 is 2.66 bits per heavy atom. The number of rotatable bonds is 9. The van der Waals surface area contributed by atoms with E-state index in [0.29, 0.717) is 24.5 Å². The number of aromatic nitrogens is 1. The lowest BCUT2D eigenvalue weighted by Crippen LogP contribution is -2.34. The van der Waals surface area contributed by atoms with Crippen LogP contribution in [0.2, 0.25) is 0 Å². The maximum Gasteiger partial charge on any atom is 0.251 e. The highest BCUT2D eigenvalue weighted by atomic mass is 32.1. The summed E-state index contributed by atoms with van der Waals surface area (Å²) in [5.74, 6) is 0.547. The van der Waals surface area contributed by atoms with E-state index in [1.807, 2.05) is 31.6 Å². The Kier molecular flexibility index (Phi) is 7.38. The molecule has 0 aliphatic rings. The van der Waals surface area contributed by atoms with Crippen molar-refractivity contribution in [1.82, 2.24) is 15.2 Å². The molecule has 3 aromatic rings. The summed E-state index contributed by atoms with van der Waals surface area (Å²) in [5.41, 5.74) is 5.74. The maximum absolute atomic E-state index is 12.7. The highest BCUT2D eigenvalue weighted by molar-refractivity contribution is 7.07. The molecule has 0 saturated carbocycles. The van der Waals surface area contributed by atoms with Crippen molar-refractivity contribution in [2.75, 3.05) is 20.6 Å². The lowest BCUT2D eigenvalue weighted by atomic mass is 10.0. The molecule has 0 spiro atoms. The van der Waals surface area contributed by atoms with Gasteiger partial charge in [-0.3, -0.25) is 4.79 Å². The lowest BCUT2D eigenvalue weighted by molar-refractivity contribution is 0.0941. The number of ether oxygens (including phenoxy) is 1. The number of amides is 1. The van der Waals surface area contributed by atoms with Gasteiger partial charge in [0.05, 0.1) is 17.2 Å². The molecule has 0 aliphatic heterocycles. The molecule has 1 atom stereocenters. The molecule has 1 amide bonds. The second kappa shape index (κ2) is 10.2. The monoisotopic (exact) mass is 409 g/mol. The van der Waals surface area contributed by atoms with Gasteiger partial charge in [0.15, 0.2) is 0 Å². The Bertz CT molecular complexity index is 908. The fourth-order valence-corrected chi connectivity index (χ4v) is 3.60. The maximum atomic E-state index is 12.7. The molecule has 0 saturated heterocycles. The van der Waals surface area contributed by atoms with Gasteiger partial charge >= 0.3 is 0 Å². The molecule has 1 heterocycles. The van der Waals surface area contributed by atoms with Gasteiger partial charge in [-0.15, -0.1) is 11.3 Å². The normalized spacial score (nSPS) is 12.0. The minimum absolute atomic E-state index is 0.106. The molecule has 1 aromatic heterocycles. The van der Waals surface area contributed by atoms with Gasteiger partial charge in [0.2, 0.25) is 0 Å². The summed E-state index contributed by atoms with van der Waals surface area (Å²) >= 11 is 1.54. The lowest BCUT2D eigenvalue weighted by Gasteiger charge is -2.25. The van der Waals surface area contributed by atoms with Crippen molar-refractivity contribution < 1.29 is 9.53 Å². The summed E-state index contributed by atoms with van der Waals surface area (Å²) in [6.07, 6.45) is 1.02. The number of carbonyl (C=O) groups is 1. The number of nitrogens with zero attached hydrogens (tertiary/aromatic N) is 2. The molecule has 1 N–H and O–H groups in total. The number of benzene rings is 2. The highest BCUT2D eigenvalue weighted by Crippen LogP contribution is 2.19. The van der Waals surface area contributed by atoms with Crippen LogP contribution in [-0.2, 0) is 13.0 Å². The van der Waals surface area contributed by atoms with Gasteiger partial charge in [0.1, 0.15) is 12.4 Å². The van der Waals surface area contributed by atoms with E-state index in [9.17, 15) is 4.79 Å². The van der Waals surface area contributed by atoms with Crippen LogP contribution in [0.3, 0.4) is 0 Å². The summed E-state index contributed by atoms with van der Waals surface area (Å²) < 4.78 is 5.75. The minimum Gasteiger partial charge on any atom is -0.487 e. The zero-order valence-electron chi connectivity index (χ0n) is 17.1. The number of hydrogen-bond donors (Lipinski definition) is 1. The van der Waals surface area contributed by atoms with E-state index in [-0.39, 0.29) is 11.9 Å². The third-order valence-electron chi connectivity index (χ3n) is 4.82. The van der Waals surface area contributed by atoms with Crippen LogP contribution in [0.15, 0.2) is 59.4 Å². The second-order valence-corrected chi connectivity index (χ2v) is 7.80.